The van der Waals surface area contributed by atoms with E-state index in [0.29, 0.717) is 24.6 Å². The summed E-state index contributed by atoms with van der Waals surface area (Å²) >= 11 is 0. The molecule has 1 aliphatic rings. The first-order chi connectivity index (χ1) is 18.0. The lowest BCUT2D eigenvalue weighted by molar-refractivity contribution is 0.0697. The molecule has 3 aromatic carbocycles. The van der Waals surface area contributed by atoms with Gasteiger partial charge < -0.3 is 29.7 Å². The Hall–Kier alpha value is -3.81. The normalized spacial score (nSPS) is 15.2. The van der Waals surface area contributed by atoms with E-state index in [-0.39, 0.29) is 18.3 Å². The molecule has 2 unspecified atom stereocenters. The molecule has 1 aliphatic heterocycles. The van der Waals surface area contributed by atoms with Gasteiger partial charge in [0.1, 0.15) is 24.6 Å². The van der Waals surface area contributed by atoms with E-state index in [1.807, 2.05) is 48.5 Å². The van der Waals surface area contributed by atoms with Crippen LogP contribution in [0.3, 0.4) is 0 Å². The van der Waals surface area contributed by atoms with E-state index in [2.05, 4.69) is 18.0 Å². The van der Waals surface area contributed by atoms with E-state index in [1.165, 1.54) is 0 Å². The lowest BCUT2D eigenvalue weighted by Gasteiger charge is -2.27. The van der Waals surface area contributed by atoms with Crippen molar-refractivity contribution >= 4 is 5.97 Å². The van der Waals surface area contributed by atoms with Gasteiger partial charge in [-0.15, -0.1) is 6.58 Å². The third-order valence-corrected chi connectivity index (χ3v) is 6.35. The van der Waals surface area contributed by atoms with Crippen LogP contribution in [-0.4, -0.2) is 55.2 Å². The van der Waals surface area contributed by atoms with Crippen molar-refractivity contribution in [3.05, 3.63) is 90.0 Å². The number of ether oxygens (including phenoxy) is 3. The van der Waals surface area contributed by atoms with Gasteiger partial charge in [0.2, 0.25) is 0 Å². The van der Waals surface area contributed by atoms with Crippen LogP contribution in [0.5, 0.6) is 17.2 Å². The predicted octanol–water partition coefficient (Wildman–Crippen LogP) is 4.51. The van der Waals surface area contributed by atoms with Crippen molar-refractivity contribution in [3.8, 4) is 28.4 Å². The van der Waals surface area contributed by atoms with Crippen LogP contribution in [0.25, 0.3) is 11.1 Å². The van der Waals surface area contributed by atoms with E-state index >= 15 is 0 Å². The van der Waals surface area contributed by atoms with Crippen LogP contribution in [0, 0.1) is 0 Å². The Morgan fingerprint density at radius 2 is 1.92 bits per heavy atom. The van der Waals surface area contributed by atoms with Crippen molar-refractivity contribution in [2.75, 3.05) is 26.8 Å². The molecule has 0 aliphatic carbocycles. The summed E-state index contributed by atoms with van der Waals surface area (Å²) in [6.07, 6.45) is 3.67. The maximum absolute atomic E-state index is 11.1. The molecule has 3 N–H and O–H groups in total. The Morgan fingerprint density at radius 1 is 1.14 bits per heavy atom. The van der Waals surface area contributed by atoms with E-state index in [4.69, 9.17) is 19.3 Å². The number of carbonyl (C=O) groups is 1. The Bertz CT molecular complexity index is 1220. The number of aryl methyl sites for hydroxylation is 1. The van der Waals surface area contributed by atoms with Crippen LogP contribution in [0.1, 0.15) is 27.9 Å². The molecule has 1 heterocycles. The molecule has 7 heteroatoms. The summed E-state index contributed by atoms with van der Waals surface area (Å²) in [7, 11) is 1.60. The highest BCUT2D eigenvalue weighted by Gasteiger charge is 2.20. The number of fused-ring (bicyclic) bond motifs is 1. The van der Waals surface area contributed by atoms with Crippen LogP contribution in [0.15, 0.2) is 73.3 Å². The number of carboxylic acids is 1. The molecule has 0 aromatic heterocycles. The molecule has 0 saturated carbocycles. The van der Waals surface area contributed by atoms with Gasteiger partial charge in [0.25, 0.3) is 0 Å². The molecule has 3 aromatic rings. The molecule has 2 atom stereocenters. The Morgan fingerprint density at radius 3 is 2.65 bits per heavy atom. The second-order valence-electron chi connectivity index (χ2n) is 9.08. The highest BCUT2D eigenvalue weighted by atomic mass is 16.5. The smallest absolute Gasteiger partial charge is 0.335 e. The number of hydrogen-bond donors (Lipinski definition) is 3. The van der Waals surface area contributed by atoms with Crippen molar-refractivity contribution in [2.45, 2.75) is 31.5 Å². The number of nitrogens with one attached hydrogen (secondary N) is 1. The van der Waals surface area contributed by atoms with Crippen molar-refractivity contribution in [1.82, 2.24) is 5.32 Å². The molecular formula is C30H33NO6. The van der Waals surface area contributed by atoms with E-state index in [9.17, 15) is 9.90 Å². The zero-order valence-electron chi connectivity index (χ0n) is 21.0. The quantitative estimate of drug-likeness (QED) is 0.313. The highest BCUT2D eigenvalue weighted by molar-refractivity contribution is 5.88. The second kappa shape index (κ2) is 12.4. The zero-order valence-corrected chi connectivity index (χ0v) is 21.0. The maximum atomic E-state index is 11.1. The first-order valence-electron chi connectivity index (χ1n) is 12.4. The van der Waals surface area contributed by atoms with Gasteiger partial charge in [0, 0.05) is 13.1 Å². The lowest BCUT2D eigenvalue weighted by atomic mass is 9.96. The standard InChI is InChI=1S/C30H33NO6/c1-3-4-20-5-13-28(29(15-20)35-2)36-19-25(32)17-31-18-26-12-10-24-16-23(11-14-27(24)37-26)21-6-8-22(9-7-21)30(33)34/h3,5-9,11,13-16,25-26,31-32H,1,4,10,12,17-19H2,2H3,(H,33,34). The number of aliphatic hydroxyl groups excluding tert-OH is 1. The minimum Gasteiger partial charge on any atom is -0.493 e. The topological polar surface area (TPSA) is 97.3 Å². The van der Waals surface area contributed by atoms with Gasteiger partial charge >= 0.3 is 5.97 Å². The maximum Gasteiger partial charge on any atom is 0.335 e. The SMILES string of the molecule is C=CCc1ccc(OCC(O)CNCC2CCc3cc(-c4ccc(C(=O)O)cc4)ccc3O2)c(OC)c1. The number of benzene rings is 3. The fourth-order valence-corrected chi connectivity index (χ4v) is 4.35. The number of rotatable bonds is 12. The van der Waals surface area contributed by atoms with Gasteiger partial charge in [0.15, 0.2) is 11.5 Å². The highest BCUT2D eigenvalue weighted by Crippen LogP contribution is 2.32. The van der Waals surface area contributed by atoms with E-state index in [0.717, 1.165) is 47.3 Å². The molecule has 4 rings (SSSR count). The van der Waals surface area contributed by atoms with Crippen LogP contribution >= 0.6 is 0 Å². The Balaban J connectivity index is 1.23. The second-order valence-corrected chi connectivity index (χ2v) is 9.08. The summed E-state index contributed by atoms with van der Waals surface area (Å²) < 4.78 is 17.4. The van der Waals surface area contributed by atoms with E-state index < -0.39 is 12.1 Å². The van der Waals surface area contributed by atoms with Crippen molar-refractivity contribution < 1.29 is 29.2 Å². The molecule has 0 fully saturated rings. The van der Waals surface area contributed by atoms with Gasteiger partial charge in [-0.2, -0.15) is 0 Å². The average molecular weight is 504 g/mol. The molecule has 0 spiro atoms. The fourth-order valence-electron chi connectivity index (χ4n) is 4.35. The first-order valence-corrected chi connectivity index (χ1v) is 12.4. The fraction of sp³-hybridized carbons (Fsp3) is 0.300. The monoisotopic (exact) mass is 503 g/mol. The molecule has 0 amide bonds. The third kappa shape index (κ3) is 6.90. The van der Waals surface area contributed by atoms with Gasteiger partial charge in [-0.3, -0.25) is 0 Å². The number of methoxy groups -OCH3 is 1. The summed E-state index contributed by atoms with van der Waals surface area (Å²) in [5, 5.41) is 22.7. The van der Waals surface area contributed by atoms with Crippen molar-refractivity contribution in [2.24, 2.45) is 0 Å². The van der Waals surface area contributed by atoms with E-state index in [1.54, 1.807) is 19.2 Å². The first kappa shape index (κ1) is 26.3. The summed E-state index contributed by atoms with van der Waals surface area (Å²) in [6.45, 7) is 4.90. The minimum atomic E-state index is -0.931. The zero-order chi connectivity index (χ0) is 26.2. The van der Waals surface area contributed by atoms with Gasteiger partial charge in [-0.05, 0) is 77.9 Å². The Kier molecular flexibility index (Phi) is 8.82. The third-order valence-electron chi connectivity index (χ3n) is 6.35. The van der Waals surface area contributed by atoms with Crippen LogP contribution in [-0.2, 0) is 12.8 Å². The summed E-state index contributed by atoms with van der Waals surface area (Å²) in [6, 6.07) is 18.7. The largest absolute Gasteiger partial charge is 0.493 e. The average Bonchev–Trinajstić information content (AvgIpc) is 2.92. The molecular weight excluding hydrogens is 470 g/mol. The number of aromatic carboxylic acids is 1. The summed E-state index contributed by atoms with van der Waals surface area (Å²) in [5.74, 6) is 1.16. The molecule has 0 saturated heterocycles. The number of carboxylic acid groups (broad SMARTS) is 1. The number of hydrogen-bond acceptors (Lipinski definition) is 6. The number of allylic oxidation sites excluding steroid dienone is 1. The van der Waals surface area contributed by atoms with Crippen molar-refractivity contribution in [1.29, 1.82) is 0 Å². The molecule has 194 valence electrons. The summed E-state index contributed by atoms with van der Waals surface area (Å²) in [4.78, 5) is 11.1. The van der Waals surface area contributed by atoms with Gasteiger partial charge in [-0.1, -0.05) is 30.3 Å². The van der Waals surface area contributed by atoms with Gasteiger partial charge in [0.05, 0.1) is 12.7 Å². The van der Waals surface area contributed by atoms with Crippen LogP contribution in [0.2, 0.25) is 0 Å². The Labute approximate surface area is 217 Å². The molecule has 7 nitrogen and oxygen atoms in total. The van der Waals surface area contributed by atoms with Crippen LogP contribution in [0.4, 0.5) is 0 Å². The van der Waals surface area contributed by atoms with Crippen molar-refractivity contribution in [3.63, 3.8) is 0 Å². The minimum absolute atomic E-state index is 0.0128. The van der Waals surface area contributed by atoms with Crippen LogP contribution < -0.4 is 19.5 Å². The molecule has 0 bridgehead atoms. The number of aliphatic hydroxyl groups is 1. The summed E-state index contributed by atoms with van der Waals surface area (Å²) in [5.41, 5.74) is 4.50. The molecule has 0 radical (unpaired) electrons. The predicted molar refractivity (Wildman–Crippen MR) is 143 cm³/mol. The lowest BCUT2D eigenvalue weighted by Crippen LogP contribution is -2.39. The van der Waals surface area contributed by atoms with Gasteiger partial charge in [-0.25, -0.2) is 4.79 Å². The molecule has 37 heavy (non-hydrogen) atoms.